The molecule has 9 nitrogen and oxygen atoms in total. The molecule has 1 unspecified atom stereocenters. The van der Waals surface area contributed by atoms with Crippen molar-refractivity contribution in [3.63, 3.8) is 0 Å². The van der Waals surface area contributed by atoms with Crippen LogP contribution in [0.1, 0.15) is 29.2 Å². The molecule has 2 N–H and O–H groups in total. The lowest BCUT2D eigenvalue weighted by Gasteiger charge is -2.25. The number of pyridine rings is 1. The van der Waals surface area contributed by atoms with Crippen molar-refractivity contribution in [2.75, 3.05) is 39.8 Å². The van der Waals surface area contributed by atoms with Crippen LogP contribution in [-0.2, 0) is 16.2 Å². The predicted molar refractivity (Wildman–Crippen MR) is 149 cm³/mol. The Morgan fingerprint density at radius 1 is 0.977 bits per heavy atom. The second-order valence-corrected chi connectivity index (χ2v) is 8.77. The molecule has 3 aromatic rings. The van der Waals surface area contributed by atoms with Crippen molar-refractivity contribution in [1.29, 1.82) is 0 Å². The molecule has 0 fully saturated rings. The Labute approximate surface area is 246 Å². The second-order valence-electron chi connectivity index (χ2n) is 8.77. The van der Waals surface area contributed by atoms with Crippen molar-refractivity contribution in [2.45, 2.75) is 32.2 Å². The van der Waals surface area contributed by atoms with E-state index in [1.54, 1.807) is 50.2 Å². The number of aldehydes is 1. The van der Waals surface area contributed by atoms with Gasteiger partial charge in [-0.15, -0.1) is 13.2 Å². The number of carbonyl (C=O) groups excluding carboxylic acids is 2. The zero-order chi connectivity index (χ0) is 32.6. The number of hydrogen-bond donors (Lipinski definition) is 2. The van der Waals surface area contributed by atoms with Crippen LogP contribution in [0.25, 0.3) is 0 Å². The van der Waals surface area contributed by atoms with Gasteiger partial charge in [0.15, 0.2) is 0 Å². The van der Waals surface area contributed by atoms with Gasteiger partial charge in [0.05, 0.1) is 26.5 Å². The number of hydrogen-bond acceptors (Lipinski definition) is 8. The van der Waals surface area contributed by atoms with Crippen molar-refractivity contribution in [1.82, 2.24) is 10.3 Å². The van der Waals surface area contributed by atoms with E-state index in [-0.39, 0.29) is 36.6 Å². The highest BCUT2D eigenvalue weighted by Gasteiger charge is 2.30. The smallest absolute Gasteiger partial charge is 0.497 e. The molecule has 3 rings (SSSR count). The molecule has 0 aliphatic heterocycles. The first-order chi connectivity index (χ1) is 20.3. The molecule has 0 aliphatic carbocycles. The van der Waals surface area contributed by atoms with Gasteiger partial charge in [-0.25, -0.2) is 13.8 Å². The van der Waals surface area contributed by atoms with Crippen LogP contribution >= 0.6 is 0 Å². The molecular weight excluding hydrogens is 581 g/mol. The van der Waals surface area contributed by atoms with Gasteiger partial charge in [0, 0.05) is 62.8 Å². The lowest BCUT2D eigenvalue weighted by atomic mass is 9.94. The zero-order valence-corrected chi connectivity index (χ0v) is 24.2. The minimum atomic E-state index is -4.60. The third kappa shape index (κ3) is 12.9. The number of rotatable bonds is 11. The van der Waals surface area contributed by atoms with E-state index < -0.39 is 23.9 Å². The average molecular weight is 616 g/mol. The zero-order valence-electron chi connectivity index (χ0n) is 24.2. The molecule has 0 radical (unpaired) electrons. The molecule has 1 amide bonds. The molecule has 43 heavy (non-hydrogen) atoms. The highest BCUT2D eigenvalue weighted by atomic mass is 19.4. The standard InChI is InChI=1S/C19H22F2N2O4.C8H7F3O.C2H5NO/c1-23(18-9-14(26-2)6-13(11-25)22-18)10-12(4-5-24)19-16(20)7-15(27-3)8-17(19)21;1-6-2-4-7(5-3-6)12-8(9,10)11;1-3-2-4/h5-9,12,25H,4,10-11H2,1-3H3;2-5H,1H3;2H,1H3,(H,3,4). The molecule has 0 spiro atoms. The Morgan fingerprint density at radius 2 is 1.51 bits per heavy atom. The Hall–Kier alpha value is -4.46. The number of halogens is 5. The van der Waals surface area contributed by atoms with E-state index in [1.807, 2.05) is 0 Å². The van der Waals surface area contributed by atoms with Crippen LogP contribution in [-0.4, -0.2) is 64.0 Å². The SMILES string of the molecule is CNC=O.COc1cc(CO)nc(N(C)CC(CC=O)c2c(F)cc(OC)cc2F)c1.Cc1ccc(OC(F)(F)F)cc1. The number of likely N-dealkylation sites (N-methyl/N-ethyl adjacent to an activating group) is 1. The number of alkyl halides is 3. The minimum Gasteiger partial charge on any atom is -0.497 e. The van der Waals surface area contributed by atoms with Crippen LogP contribution in [0.4, 0.5) is 27.8 Å². The van der Waals surface area contributed by atoms with Gasteiger partial charge in [-0.2, -0.15) is 0 Å². The summed E-state index contributed by atoms with van der Waals surface area (Å²) in [5, 5.41) is 11.6. The maximum Gasteiger partial charge on any atom is 0.573 e. The number of aromatic nitrogens is 1. The van der Waals surface area contributed by atoms with Gasteiger partial charge < -0.3 is 34.3 Å². The summed E-state index contributed by atoms with van der Waals surface area (Å²) in [6, 6.07) is 11.1. The van der Waals surface area contributed by atoms with E-state index in [9.17, 15) is 31.9 Å². The highest BCUT2D eigenvalue weighted by Crippen LogP contribution is 2.31. The van der Waals surface area contributed by atoms with Crippen molar-refractivity contribution >= 4 is 18.5 Å². The third-order valence-electron chi connectivity index (χ3n) is 5.57. The molecular formula is C29H34F5N3O6. The fourth-order valence-electron chi connectivity index (χ4n) is 3.57. The van der Waals surface area contributed by atoms with Gasteiger partial charge in [0.1, 0.15) is 41.0 Å². The van der Waals surface area contributed by atoms with Crippen molar-refractivity contribution in [3.8, 4) is 17.2 Å². The summed E-state index contributed by atoms with van der Waals surface area (Å²) in [5.74, 6) is -1.47. The summed E-state index contributed by atoms with van der Waals surface area (Å²) in [5.41, 5.74) is 1.11. The first-order valence-corrected chi connectivity index (χ1v) is 12.6. The van der Waals surface area contributed by atoms with Crippen LogP contribution in [0, 0.1) is 18.6 Å². The number of ether oxygens (including phenoxy) is 3. The highest BCUT2D eigenvalue weighted by molar-refractivity contribution is 5.53. The summed E-state index contributed by atoms with van der Waals surface area (Å²) in [6.45, 7) is 1.64. The number of aryl methyl sites for hydroxylation is 1. The molecule has 236 valence electrons. The number of carbonyl (C=O) groups is 2. The third-order valence-corrected chi connectivity index (χ3v) is 5.57. The van der Waals surface area contributed by atoms with E-state index in [0.29, 0.717) is 30.0 Å². The normalized spacial score (nSPS) is 11.0. The topological polar surface area (TPSA) is 110 Å². The van der Waals surface area contributed by atoms with E-state index in [2.05, 4.69) is 15.0 Å². The largest absolute Gasteiger partial charge is 0.573 e. The summed E-state index contributed by atoms with van der Waals surface area (Å²) in [6.07, 6.45) is -3.42. The molecule has 1 heterocycles. The summed E-state index contributed by atoms with van der Waals surface area (Å²) in [7, 11) is 6.04. The maximum atomic E-state index is 14.4. The van der Waals surface area contributed by atoms with E-state index >= 15 is 0 Å². The van der Waals surface area contributed by atoms with Crippen molar-refractivity contribution in [3.05, 3.63) is 77.0 Å². The first kappa shape index (κ1) is 36.6. The monoisotopic (exact) mass is 615 g/mol. The number of aliphatic hydroxyl groups is 1. The molecule has 0 saturated carbocycles. The molecule has 1 atom stereocenters. The lowest BCUT2D eigenvalue weighted by molar-refractivity contribution is -0.274. The number of methoxy groups -OCH3 is 2. The summed E-state index contributed by atoms with van der Waals surface area (Å²) in [4.78, 5) is 26.1. The van der Waals surface area contributed by atoms with Crippen molar-refractivity contribution < 1.29 is 50.9 Å². The van der Waals surface area contributed by atoms with E-state index in [1.165, 1.54) is 26.4 Å². The molecule has 1 aromatic heterocycles. The number of nitrogens with one attached hydrogen (secondary N) is 1. The van der Waals surface area contributed by atoms with Crippen LogP contribution in [0.3, 0.4) is 0 Å². The summed E-state index contributed by atoms with van der Waals surface area (Å²) < 4.78 is 77.4. The first-order valence-electron chi connectivity index (χ1n) is 12.6. The quantitative estimate of drug-likeness (QED) is 0.231. The Morgan fingerprint density at radius 3 is 1.95 bits per heavy atom. The van der Waals surface area contributed by atoms with Gasteiger partial charge in [-0.05, 0) is 19.1 Å². The Bertz CT molecular complexity index is 1250. The number of benzene rings is 2. The van der Waals surface area contributed by atoms with E-state index in [0.717, 1.165) is 17.7 Å². The number of amides is 1. The number of nitrogens with zero attached hydrogens (tertiary/aromatic N) is 2. The summed E-state index contributed by atoms with van der Waals surface area (Å²) >= 11 is 0. The molecule has 2 aromatic carbocycles. The molecule has 0 saturated heterocycles. The number of aliphatic hydroxyl groups excluding tert-OH is 1. The number of anilines is 1. The Balaban J connectivity index is 0.000000476. The van der Waals surface area contributed by atoms with Gasteiger partial charge >= 0.3 is 6.36 Å². The van der Waals surface area contributed by atoms with Crippen LogP contribution in [0.2, 0.25) is 0 Å². The fourth-order valence-corrected chi connectivity index (χ4v) is 3.57. The second kappa shape index (κ2) is 18.2. The van der Waals surface area contributed by atoms with E-state index in [4.69, 9.17) is 14.3 Å². The predicted octanol–water partition coefficient (Wildman–Crippen LogP) is 4.93. The fraction of sp³-hybridized carbons (Fsp3) is 0.345. The van der Waals surface area contributed by atoms with Gasteiger partial charge in [0.2, 0.25) is 6.41 Å². The molecule has 0 aliphatic rings. The minimum absolute atomic E-state index is 0.0639. The molecule has 14 heteroatoms. The Kier molecular flexibility index (Phi) is 15.4. The van der Waals surface area contributed by atoms with Gasteiger partial charge in [0.25, 0.3) is 0 Å². The van der Waals surface area contributed by atoms with Gasteiger partial charge in [-0.3, -0.25) is 4.79 Å². The van der Waals surface area contributed by atoms with Crippen molar-refractivity contribution in [2.24, 2.45) is 0 Å². The van der Waals surface area contributed by atoms with Crippen LogP contribution < -0.4 is 24.4 Å². The van der Waals surface area contributed by atoms with Gasteiger partial charge in [-0.1, -0.05) is 17.7 Å². The lowest BCUT2D eigenvalue weighted by Crippen LogP contribution is -2.27. The average Bonchev–Trinajstić information content (AvgIpc) is 2.97. The van der Waals surface area contributed by atoms with Crippen LogP contribution in [0.15, 0.2) is 48.5 Å². The molecule has 0 bridgehead atoms. The maximum absolute atomic E-state index is 14.4. The van der Waals surface area contributed by atoms with Crippen LogP contribution in [0.5, 0.6) is 17.2 Å².